The number of nitrogens with one attached hydrogen (secondary N) is 2. The molecule has 0 radical (unpaired) electrons. The second-order valence-corrected chi connectivity index (χ2v) is 8.50. The van der Waals surface area contributed by atoms with Gasteiger partial charge in [0.1, 0.15) is 5.15 Å². The zero-order chi connectivity index (χ0) is 18.6. The molecule has 1 saturated heterocycles. The van der Waals surface area contributed by atoms with Crippen LogP contribution >= 0.6 is 11.6 Å². The molecule has 140 valence electrons. The van der Waals surface area contributed by atoms with Crippen molar-refractivity contribution in [3.8, 4) is 0 Å². The average Bonchev–Trinajstić information content (AvgIpc) is 2.62. The summed E-state index contributed by atoms with van der Waals surface area (Å²) in [6.07, 6.45) is 3.23. The summed E-state index contributed by atoms with van der Waals surface area (Å²) in [4.78, 5) is 10.6. The van der Waals surface area contributed by atoms with E-state index in [0.29, 0.717) is 17.6 Å². The number of nitrogens with zero attached hydrogens (tertiary/aromatic N) is 3. The third kappa shape index (κ3) is 5.14. The molecule has 3 rings (SSSR count). The molecule has 0 unspecified atom stereocenters. The number of benzene rings is 1. The molecule has 9 heteroatoms. The first-order valence-electron chi connectivity index (χ1n) is 8.44. The SMILES string of the molecule is CN1CCC(NS(=O)(=O)c2ccc(CNc3nccc(Cl)n3)cc2)CC1. The number of hydrogen-bond acceptors (Lipinski definition) is 6. The number of hydrogen-bond donors (Lipinski definition) is 2. The highest BCUT2D eigenvalue weighted by Gasteiger charge is 2.23. The standard InChI is InChI=1S/C17H22ClN5O2S/c1-23-10-7-14(8-11-23)22-26(24,25)15-4-2-13(3-5-15)12-20-17-19-9-6-16(18)21-17/h2-6,9,14,22H,7-8,10-12H2,1H3,(H,19,20,21). The molecule has 2 aromatic rings. The summed E-state index contributed by atoms with van der Waals surface area (Å²) in [5.74, 6) is 0.429. The van der Waals surface area contributed by atoms with Crippen molar-refractivity contribution in [2.24, 2.45) is 0 Å². The molecular formula is C17H22ClN5O2S. The van der Waals surface area contributed by atoms with E-state index in [4.69, 9.17) is 11.6 Å². The summed E-state index contributed by atoms with van der Waals surface area (Å²) in [5, 5.41) is 3.42. The molecule has 26 heavy (non-hydrogen) atoms. The van der Waals surface area contributed by atoms with Crippen molar-refractivity contribution < 1.29 is 8.42 Å². The van der Waals surface area contributed by atoms with Crippen LogP contribution in [0.4, 0.5) is 5.95 Å². The van der Waals surface area contributed by atoms with Crippen LogP contribution in [0.3, 0.4) is 0 Å². The van der Waals surface area contributed by atoms with Gasteiger partial charge in [-0.15, -0.1) is 0 Å². The number of sulfonamides is 1. The molecule has 7 nitrogen and oxygen atoms in total. The zero-order valence-electron chi connectivity index (χ0n) is 14.5. The molecule has 1 aromatic carbocycles. The Balaban J connectivity index is 1.59. The van der Waals surface area contributed by atoms with Crippen molar-refractivity contribution in [3.63, 3.8) is 0 Å². The predicted octanol–water partition coefficient (Wildman–Crippen LogP) is 2.11. The number of halogens is 1. The molecule has 0 saturated carbocycles. The van der Waals surface area contributed by atoms with E-state index >= 15 is 0 Å². The van der Waals surface area contributed by atoms with E-state index in [2.05, 4.69) is 24.9 Å². The molecule has 1 fully saturated rings. The minimum atomic E-state index is -3.50. The smallest absolute Gasteiger partial charge is 0.240 e. The fourth-order valence-corrected chi connectivity index (χ4v) is 4.24. The third-order valence-corrected chi connectivity index (χ3v) is 6.09. The van der Waals surface area contributed by atoms with Crippen LogP contribution in [0.25, 0.3) is 0 Å². The maximum Gasteiger partial charge on any atom is 0.240 e. The quantitative estimate of drug-likeness (QED) is 0.728. The molecule has 0 spiro atoms. The van der Waals surface area contributed by atoms with Crippen LogP contribution in [0.15, 0.2) is 41.4 Å². The van der Waals surface area contributed by atoms with Crippen LogP contribution < -0.4 is 10.0 Å². The molecule has 0 atom stereocenters. The maximum absolute atomic E-state index is 12.5. The Labute approximate surface area is 158 Å². The summed E-state index contributed by atoms with van der Waals surface area (Å²) in [6.45, 7) is 2.29. The van der Waals surface area contributed by atoms with Gasteiger partial charge in [0, 0.05) is 18.8 Å². The molecule has 1 aliphatic rings. The van der Waals surface area contributed by atoms with Crippen LogP contribution in [-0.4, -0.2) is 49.5 Å². The molecular weight excluding hydrogens is 374 g/mol. The number of aromatic nitrogens is 2. The van der Waals surface area contributed by atoms with Gasteiger partial charge >= 0.3 is 0 Å². The average molecular weight is 396 g/mol. The van der Waals surface area contributed by atoms with Gasteiger partial charge in [-0.3, -0.25) is 0 Å². The highest BCUT2D eigenvalue weighted by Crippen LogP contribution is 2.16. The van der Waals surface area contributed by atoms with Crippen molar-refractivity contribution in [3.05, 3.63) is 47.2 Å². The lowest BCUT2D eigenvalue weighted by Gasteiger charge is -2.29. The second-order valence-electron chi connectivity index (χ2n) is 6.40. The Bertz CT molecular complexity index is 836. The Morgan fingerprint density at radius 1 is 1.19 bits per heavy atom. The fraction of sp³-hybridized carbons (Fsp3) is 0.412. The van der Waals surface area contributed by atoms with Crippen LogP contribution in [0.5, 0.6) is 0 Å². The van der Waals surface area contributed by atoms with Crippen molar-refractivity contribution >= 4 is 27.6 Å². The molecule has 2 N–H and O–H groups in total. The highest BCUT2D eigenvalue weighted by atomic mass is 35.5. The summed E-state index contributed by atoms with van der Waals surface area (Å²) < 4.78 is 27.9. The molecule has 0 amide bonds. The lowest BCUT2D eigenvalue weighted by atomic mass is 10.1. The third-order valence-electron chi connectivity index (χ3n) is 4.35. The van der Waals surface area contributed by atoms with Gasteiger partial charge in [-0.1, -0.05) is 23.7 Å². The van der Waals surface area contributed by atoms with Gasteiger partial charge in [0.25, 0.3) is 0 Å². The first-order chi connectivity index (χ1) is 12.4. The van der Waals surface area contributed by atoms with Gasteiger partial charge < -0.3 is 10.2 Å². The van der Waals surface area contributed by atoms with Crippen molar-refractivity contribution in [1.82, 2.24) is 19.6 Å². The Morgan fingerprint density at radius 3 is 2.54 bits per heavy atom. The lowest BCUT2D eigenvalue weighted by molar-refractivity contribution is 0.248. The minimum Gasteiger partial charge on any atom is -0.350 e. The number of piperidine rings is 1. The van der Waals surface area contributed by atoms with Gasteiger partial charge in [0.15, 0.2) is 0 Å². The minimum absolute atomic E-state index is 0.00230. The summed E-state index contributed by atoms with van der Waals surface area (Å²) in [7, 11) is -1.45. The fourth-order valence-electron chi connectivity index (χ4n) is 2.80. The van der Waals surface area contributed by atoms with Gasteiger partial charge in [-0.25, -0.2) is 23.1 Å². The number of rotatable bonds is 6. The number of anilines is 1. The molecule has 0 bridgehead atoms. The largest absolute Gasteiger partial charge is 0.350 e. The van der Waals surface area contributed by atoms with E-state index in [1.807, 2.05) is 7.05 Å². The molecule has 1 aliphatic heterocycles. The molecule has 0 aliphatic carbocycles. The summed E-state index contributed by atoms with van der Waals surface area (Å²) in [5.41, 5.74) is 0.923. The van der Waals surface area contributed by atoms with Crippen LogP contribution in [0, 0.1) is 0 Å². The first-order valence-corrected chi connectivity index (χ1v) is 10.3. The first kappa shape index (κ1) is 19.0. The van der Waals surface area contributed by atoms with E-state index in [-0.39, 0.29) is 10.9 Å². The molecule has 1 aromatic heterocycles. The van der Waals surface area contributed by atoms with Gasteiger partial charge in [-0.05, 0) is 56.7 Å². The monoisotopic (exact) mass is 395 g/mol. The normalized spacial score (nSPS) is 16.5. The Hall–Kier alpha value is -1.74. The summed E-state index contributed by atoms with van der Waals surface area (Å²) in [6, 6.07) is 8.39. The maximum atomic E-state index is 12.5. The van der Waals surface area contributed by atoms with E-state index in [1.165, 1.54) is 0 Å². The van der Waals surface area contributed by atoms with E-state index < -0.39 is 10.0 Å². The summed E-state index contributed by atoms with van der Waals surface area (Å²) >= 11 is 5.82. The van der Waals surface area contributed by atoms with Gasteiger partial charge in [0.05, 0.1) is 4.90 Å². The van der Waals surface area contributed by atoms with Crippen molar-refractivity contribution in [2.75, 3.05) is 25.5 Å². The topological polar surface area (TPSA) is 87.2 Å². The lowest BCUT2D eigenvalue weighted by Crippen LogP contribution is -2.43. The second kappa shape index (κ2) is 8.30. The Morgan fingerprint density at radius 2 is 1.88 bits per heavy atom. The number of likely N-dealkylation sites (tertiary alicyclic amines) is 1. The van der Waals surface area contributed by atoms with E-state index in [9.17, 15) is 8.42 Å². The van der Waals surface area contributed by atoms with Crippen molar-refractivity contribution in [1.29, 1.82) is 0 Å². The van der Waals surface area contributed by atoms with Crippen LogP contribution in [-0.2, 0) is 16.6 Å². The Kier molecular flexibility index (Phi) is 6.08. The van der Waals surface area contributed by atoms with Crippen molar-refractivity contribution in [2.45, 2.75) is 30.3 Å². The van der Waals surface area contributed by atoms with Gasteiger partial charge in [0.2, 0.25) is 16.0 Å². The zero-order valence-corrected chi connectivity index (χ0v) is 16.1. The van der Waals surface area contributed by atoms with E-state index in [1.54, 1.807) is 36.5 Å². The molecule has 2 heterocycles. The van der Waals surface area contributed by atoms with Crippen LogP contribution in [0.2, 0.25) is 5.15 Å². The predicted molar refractivity (Wildman–Crippen MR) is 102 cm³/mol. The highest BCUT2D eigenvalue weighted by molar-refractivity contribution is 7.89. The van der Waals surface area contributed by atoms with E-state index in [0.717, 1.165) is 31.5 Å². The van der Waals surface area contributed by atoms with Crippen LogP contribution in [0.1, 0.15) is 18.4 Å². The van der Waals surface area contributed by atoms with Gasteiger partial charge in [-0.2, -0.15) is 0 Å².